The molecule has 0 aromatic carbocycles. The van der Waals surface area contributed by atoms with Gasteiger partial charge in [0.25, 0.3) is 0 Å². The van der Waals surface area contributed by atoms with E-state index in [2.05, 4.69) is 23.3 Å². The standard InChI is InChI=1S/C26H36O9/c1-15(27)33-14-34-23(30)21(29)13-32-24(31)35-22-7-6-19-18-5-4-16-12-17(28)8-10-25(16,2)20(18)9-11-26(19,22)3/h12,18-22,29H,4-11,13-14H2,1-3H3/t18-,19-,20-,21?,22+,25-,26-/m0/s1. The van der Waals surface area contributed by atoms with Crippen LogP contribution in [0.1, 0.15) is 72.1 Å². The first-order valence-electron chi connectivity index (χ1n) is 12.6. The molecule has 0 aromatic rings. The molecule has 0 radical (unpaired) electrons. The first kappa shape index (κ1) is 25.7. The Labute approximate surface area is 205 Å². The summed E-state index contributed by atoms with van der Waals surface area (Å²) >= 11 is 0. The molecule has 194 valence electrons. The second kappa shape index (κ2) is 9.91. The van der Waals surface area contributed by atoms with Crippen LogP contribution in [0.15, 0.2) is 11.6 Å². The zero-order chi connectivity index (χ0) is 25.4. The van der Waals surface area contributed by atoms with Crippen molar-refractivity contribution in [3.8, 4) is 0 Å². The van der Waals surface area contributed by atoms with Crippen LogP contribution in [0.3, 0.4) is 0 Å². The Kier molecular flexibility index (Phi) is 7.27. The summed E-state index contributed by atoms with van der Waals surface area (Å²) in [6, 6.07) is 0. The van der Waals surface area contributed by atoms with Gasteiger partial charge in [0.15, 0.2) is 11.9 Å². The highest BCUT2D eigenvalue weighted by atomic mass is 16.7. The van der Waals surface area contributed by atoms with Crippen molar-refractivity contribution < 1.29 is 43.2 Å². The van der Waals surface area contributed by atoms with Crippen molar-refractivity contribution in [1.29, 1.82) is 0 Å². The molecule has 4 rings (SSSR count). The third-order valence-electron chi connectivity index (χ3n) is 9.21. The van der Waals surface area contributed by atoms with Crippen molar-refractivity contribution in [3.63, 3.8) is 0 Å². The van der Waals surface area contributed by atoms with E-state index in [1.54, 1.807) is 0 Å². The van der Waals surface area contributed by atoms with E-state index in [0.717, 1.165) is 51.9 Å². The summed E-state index contributed by atoms with van der Waals surface area (Å²) in [6.45, 7) is 4.48. The Morgan fingerprint density at radius 1 is 1.03 bits per heavy atom. The van der Waals surface area contributed by atoms with Crippen LogP contribution in [0.25, 0.3) is 0 Å². The average Bonchev–Trinajstić information content (AvgIpc) is 3.13. The summed E-state index contributed by atoms with van der Waals surface area (Å²) in [5.41, 5.74) is 1.28. The first-order chi connectivity index (χ1) is 16.5. The predicted molar refractivity (Wildman–Crippen MR) is 122 cm³/mol. The van der Waals surface area contributed by atoms with Crippen molar-refractivity contribution >= 4 is 23.9 Å². The smallest absolute Gasteiger partial charge is 0.431 e. The molecule has 0 saturated heterocycles. The van der Waals surface area contributed by atoms with Crippen LogP contribution < -0.4 is 0 Å². The number of aliphatic hydroxyl groups excluding tert-OH is 1. The van der Waals surface area contributed by atoms with Gasteiger partial charge in [-0.1, -0.05) is 19.4 Å². The van der Waals surface area contributed by atoms with Gasteiger partial charge >= 0.3 is 18.1 Å². The minimum absolute atomic E-state index is 0.0935. The molecule has 4 aliphatic carbocycles. The van der Waals surface area contributed by atoms with Crippen LogP contribution in [0.5, 0.6) is 0 Å². The fourth-order valence-corrected chi connectivity index (χ4v) is 7.34. The molecule has 0 bridgehead atoms. The molecular formula is C26H36O9. The third kappa shape index (κ3) is 4.97. The summed E-state index contributed by atoms with van der Waals surface area (Å²) in [4.78, 5) is 46.8. The van der Waals surface area contributed by atoms with E-state index in [0.29, 0.717) is 24.2 Å². The molecule has 9 nitrogen and oxygen atoms in total. The molecule has 3 fully saturated rings. The number of ether oxygens (including phenoxy) is 4. The molecule has 0 aliphatic heterocycles. The molecule has 0 aromatic heterocycles. The maximum Gasteiger partial charge on any atom is 0.508 e. The van der Waals surface area contributed by atoms with Crippen LogP contribution in [0.4, 0.5) is 4.79 Å². The Morgan fingerprint density at radius 2 is 1.80 bits per heavy atom. The summed E-state index contributed by atoms with van der Waals surface area (Å²) in [5, 5.41) is 9.82. The lowest BCUT2D eigenvalue weighted by atomic mass is 9.47. The maximum atomic E-state index is 12.4. The van der Waals surface area contributed by atoms with E-state index in [1.165, 1.54) is 5.57 Å². The van der Waals surface area contributed by atoms with Crippen LogP contribution >= 0.6 is 0 Å². The van der Waals surface area contributed by atoms with Gasteiger partial charge in [0.2, 0.25) is 6.79 Å². The van der Waals surface area contributed by atoms with Crippen molar-refractivity contribution in [2.24, 2.45) is 28.6 Å². The van der Waals surface area contributed by atoms with E-state index in [1.807, 2.05) is 6.08 Å². The lowest BCUT2D eigenvalue weighted by molar-refractivity contribution is -0.173. The van der Waals surface area contributed by atoms with E-state index < -0.39 is 37.6 Å². The van der Waals surface area contributed by atoms with Crippen molar-refractivity contribution in [3.05, 3.63) is 11.6 Å². The minimum atomic E-state index is -1.70. The second-order valence-electron chi connectivity index (χ2n) is 11.0. The molecule has 0 heterocycles. The van der Waals surface area contributed by atoms with Crippen LogP contribution in [0, 0.1) is 28.6 Å². The quantitative estimate of drug-likeness (QED) is 0.438. The van der Waals surface area contributed by atoms with E-state index in [-0.39, 0.29) is 22.7 Å². The van der Waals surface area contributed by atoms with Gasteiger partial charge in [-0.15, -0.1) is 0 Å². The van der Waals surface area contributed by atoms with Crippen molar-refractivity contribution in [2.75, 3.05) is 13.4 Å². The van der Waals surface area contributed by atoms with Crippen molar-refractivity contribution in [2.45, 2.75) is 84.3 Å². The fraction of sp³-hybridized carbons (Fsp3) is 0.769. The number of fused-ring (bicyclic) bond motifs is 5. The van der Waals surface area contributed by atoms with Gasteiger partial charge in [-0.3, -0.25) is 9.59 Å². The van der Waals surface area contributed by atoms with Crippen LogP contribution in [0.2, 0.25) is 0 Å². The average molecular weight is 493 g/mol. The van der Waals surface area contributed by atoms with E-state index in [9.17, 15) is 24.3 Å². The maximum absolute atomic E-state index is 12.4. The highest BCUT2D eigenvalue weighted by Gasteiger charge is 2.60. The third-order valence-corrected chi connectivity index (χ3v) is 9.21. The van der Waals surface area contributed by atoms with Gasteiger partial charge in [-0.25, -0.2) is 9.59 Å². The monoisotopic (exact) mass is 492 g/mol. The number of esters is 2. The van der Waals surface area contributed by atoms with Gasteiger partial charge < -0.3 is 24.1 Å². The number of aliphatic hydroxyl groups is 1. The lowest BCUT2D eigenvalue weighted by Gasteiger charge is -2.57. The zero-order valence-electron chi connectivity index (χ0n) is 20.7. The summed E-state index contributed by atoms with van der Waals surface area (Å²) in [5.74, 6) is 0.102. The Hall–Kier alpha value is -2.42. The van der Waals surface area contributed by atoms with E-state index >= 15 is 0 Å². The largest absolute Gasteiger partial charge is 0.508 e. The van der Waals surface area contributed by atoms with Gasteiger partial charge in [0.05, 0.1) is 0 Å². The number of hydrogen-bond acceptors (Lipinski definition) is 9. The molecule has 35 heavy (non-hydrogen) atoms. The first-order valence-corrected chi connectivity index (χ1v) is 12.6. The van der Waals surface area contributed by atoms with E-state index in [4.69, 9.17) is 9.47 Å². The lowest BCUT2D eigenvalue weighted by Crippen LogP contribution is -2.51. The minimum Gasteiger partial charge on any atom is -0.431 e. The number of ketones is 1. The zero-order valence-corrected chi connectivity index (χ0v) is 20.7. The van der Waals surface area contributed by atoms with Gasteiger partial charge in [0, 0.05) is 18.8 Å². The molecule has 4 aliphatic rings. The Morgan fingerprint density at radius 3 is 2.54 bits per heavy atom. The summed E-state index contributed by atoms with van der Waals surface area (Å²) < 4.78 is 19.7. The van der Waals surface area contributed by atoms with Gasteiger partial charge in [-0.05, 0) is 74.2 Å². The molecule has 3 saturated carbocycles. The summed E-state index contributed by atoms with van der Waals surface area (Å²) in [7, 11) is 0. The SMILES string of the molecule is CC(=O)OCOC(=O)C(O)COC(=O)O[C@@H]1CC[C@H]2[C@@H]3CCC4=CC(=O)CC[C@]4(C)[C@H]3CC[C@]12C. The summed E-state index contributed by atoms with van der Waals surface area (Å²) in [6.07, 6.45) is 6.32. The topological polar surface area (TPSA) is 125 Å². The van der Waals surface area contributed by atoms with Crippen LogP contribution in [-0.2, 0) is 33.3 Å². The molecule has 9 heteroatoms. The molecule has 1 unspecified atom stereocenters. The molecule has 0 amide bonds. The molecular weight excluding hydrogens is 456 g/mol. The highest BCUT2D eigenvalue weighted by Crippen LogP contribution is 2.65. The molecule has 1 N–H and O–H groups in total. The predicted octanol–water partition coefficient (Wildman–Crippen LogP) is 3.46. The van der Waals surface area contributed by atoms with Crippen molar-refractivity contribution in [1.82, 2.24) is 0 Å². The molecule has 0 spiro atoms. The number of carbonyl (C=O) groups is 4. The fourth-order valence-electron chi connectivity index (χ4n) is 7.34. The number of allylic oxidation sites excluding steroid dienone is 1. The number of hydrogen-bond donors (Lipinski definition) is 1. The van der Waals surface area contributed by atoms with Crippen LogP contribution in [-0.4, -0.2) is 54.6 Å². The van der Waals surface area contributed by atoms with Gasteiger partial charge in [0.1, 0.15) is 12.7 Å². The van der Waals surface area contributed by atoms with Gasteiger partial charge in [-0.2, -0.15) is 0 Å². The Balaban J connectivity index is 1.32. The second-order valence-corrected chi connectivity index (χ2v) is 11.0. The normalized spacial score (nSPS) is 36.6. The highest BCUT2D eigenvalue weighted by molar-refractivity contribution is 5.91. The molecule has 7 atom stereocenters. The number of carbonyl (C=O) groups excluding carboxylic acids is 4. The Bertz CT molecular complexity index is 910. The number of rotatable bonds is 6.